The van der Waals surface area contributed by atoms with Gasteiger partial charge in [-0.3, -0.25) is 14.9 Å². The van der Waals surface area contributed by atoms with Crippen molar-refractivity contribution in [3.63, 3.8) is 0 Å². The van der Waals surface area contributed by atoms with Gasteiger partial charge >= 0.3 is 0 Å². The lowest BCUT2D eigenvalue weighted by Gasteiger charge is -2.17. The summed E-state index contributed by atoms with van der Waals surface area (Å²) in [6.45, 7) is 4.54. The van der Waals surface area contributed by atoms with E-state index in [1.54, 1.807) is 12.1 Å². The molecule has 2 rings (SSSR count). The van der Waals surface area contributed by atoms with Crippen molar-refractivity contribution in [2.24, 2.45) is 0 Å². The summed E-state index contributed by atoms with van der Waals surface area (Å²) in [6.07, 6.45) is 2.58. The van der Waals surface area contributed by atoms with Gasteiger partial charge in [0.2, 0.25) is 5.91 Å². The normalized spacial score (nSPS) is 16.2. The molecule has 1 heterocycles. The van der Waals surface area contributed by atoms with Crippen LogP contribution in [0.5, 0.6) is 0 Å². The Morgan fingerprint density at radius 3 is 2.67 bits per heavy atom. The molecular formula is C15H21N3O3. The number of nitrogens with one attached hydrogen (secondary N) is 1. The van der Waals surface area contributed by atoms with E-state index in [4.69, 9.17) is 0 Å². The standard InChI is InChI=1S/C15H21N3O3/c1-12(13-5-7-14(8-6-13)18(20)21)16-9-3-11-17-10-2-4-15(17)19/h5-8,12,16H,2-4,9-11H2,1H3/t12-/m1/s1. The molecule has 1 aliphatic rings. The number of hydrogen-bond donors (Lipinski definition) is 1. The second kappa shape index (κ2) is 7.17. The topological polar surface area (TPSA) is 75.5 Å². The zero-order valence-electron chi connectivity index (χ0n) is 12.2. The Kier molecular flexibility index (Phi) is 5.27. The number of nitro benzene ring substituents is 1. The molecule has 1 fully saturated rings. The minimum absolute atomic E-state index is 0.110. The van der Waals surface area contributed by atoms with Gasteiger partial charge in [-0.1, -0.05) is 12.1 Å². The highest BCUT2D eigenvalue weighted by molar-refractivity contribution is 5.77. The molecule has 6 nitrogen and oxygen atoms in total. The minimum atomic E-state index is -0.394. The molecule has 1 amide bonds. The second-order valence-corrected chi connectivity index (χ2v) is 5.36. The molecule has 1 saturated heterocycles. The van der Waals surface area contributed by atoms with Crippen molar-refractivity contribution in [1.29, 1.82) is 0 Å². The van der Waals surface area contributed by atoms with E-state index < -0.39 is 4.92 Å². The molecule has 0 spiro atoms. The maximum Gasteiger partial charge on any atom is 0.269 e. The molecule has 0 unspecified atom stereocenters. The minimum Gasteiger partial charge on any atom is -0.343 e. The van der Waals surface area contributed by atoms with Gasteiger partial charge < -0.3 is 10.2 Å². The number of nitrogens with zero attached hydrogens (tertiary/aromatic N) is 2. The van der Waals surface area contributed by atoms with Crippen molar-refractivity contribution in [3.05, 3.63) is 39.9 Å². The Balaban J connectivity index is 1.72. The quantitative estimate of drug-likeness (QED) is 0.475. The smallest absolute Gasteiger partial charge is 0.269 e. The molecule has 0 radical (unpaired) electrons. The number of carbonyl (C=O) groups excluding carboxylic acids is 1. The summed E-state index contributed by atoms with van der Waals surface area (Å²) in [4.78, 5) is 23.6. The average molecular weight is 291 g/mol. The van der Waals surface area contributed by atoms with E-state index in [0.717, 1.165) is 38.0 Å². The SMILES string of the molecule is C[C@@H](NCCCN1CCCC1=O)c1ccc([N+](=O)[O-])cc1. The number of carbonyl (C=O) groups is 1. The van der Waals surface area contributed by atoms with Crippen LogP contribution >= 0.6 is 0 Å². The van der Waals surface area contributed by atoms with Gasteiger partial charge in [-0.15, -0.1) is 0 Å². The van der Waals surface area contributed by atoms with E-state index >= 15 is 0 Å². The maximum absolute atomic E-state index is 11.5. The summed E-state index contributed by atoms with van der Waals surface area (Å²) in [5.41, 5.74) is 1.14. The Morgan fingerprint density at radius 2 is 2.10 bits per heavy atom. The van der Waals surface area contributed by atoms with Crippen molar-refractivity contribution >= 4 is 11.6 Å². The van der Waals surface area contributed by atoms with Crippen molar-refractivity contribution < 1.29 is 9.72 Å². The maximum atomic E-state index is 11.5. The highest BCUT2D eigenvalue weighted by Crippen LogP contribution is 2.17. The van der Waals surface area contributed by atoms with Crippen LogP contribution in [-0.2, 0) is 4.79 Å². The van der Waals surface area contributed by atoms with Gasteiger partial charge in [-0.2, -0.15) is 0 Å². The summed E-state index contributed by atoms with van der Waals surface area (Å²) in [5.74, 6) is 0.262. The Morgan fingerprint density at radius 1 is 1.38 bits per heavy atom. The van der Waals surface area contributed by atoms with E-state index in [1.807, 2.05) is 11.8 Å². The van der Waals surface area contributed by atoms with E-state index in [-0.39, 0.29) is 17.6 Å². The van der Waals surface area contributed by atoms with Crippen LogP contribution in [0.25, 0.3) is 0 Å². The van der Waals surface area contributed by atoms with Crippen LogP contribution in [0, 0.1) is 10.1 Å². The fourth-order valence-corrected chi connectivity index (χ4v) is 2.53. The van der Waals surface area contributed by atoms with Crippen LogP contribution in [0.1, 0.15) is 37.8 Å². The van der Waals surface area contributed by atoms with Gasteiger partial charge in [-0.05, 0) is 31.9 Å². The van der Waals surface area contributed by atoms with Crippen LogP contribution in [-0.4, -0.2) is 35.4 Å². The zero-order valence-corrected chi connectivity index (χ0v) is 12.2. The number of hydrogen-bond acceptors (Lipinski definition) is 4. The molecule has 6 heteroatoms. The Labute approximate surface area is 124 Å². The van der Waals surface area contributed by atoms with Gasteiger partial charge in [0.1, 0.15) is 0 Å². The summed E-state index contributed by atoms with van der Waals surface area (Å²) in [5, 5.41) is 14.0. The number of nitro groups is 1. The molecular weight excluding hydrogens is 270 g/mol. The van der Waals surface area contributed by atoms with Gasteiger partial charge in [0.05, 0.1) is 4.92 Å². The number of rotatable bonds is 7. The van der Waals surface area contributed by atoms with Crippen molar-refractivity contribution in [1.82, 2.24) is 10.2 Å². The van der Waals surface area contributed by atoms with Gasteiger partial charge in [0.15, 0.2) is 0 Å². The van der Waals surface area contributed by atoms with E-state index in [2.05, 4.69) is 5.32 Å². The number of non-ortho nitro benzene ring substituents is 1. The van der Waals surface area contributed by atoms with Crippen LogP contribution in [0.15, 0.2) is 24.3 Å². The highest BCUT2D eigenvalue weighted by atomic mass is 16.6. The van der Waals surface area contributed by atoms with Crippen LogP contribution < -0.4 is 5.32 Å². The number of likely N-dealkylation sites (tertiary alicyclic amines) is 1. The first-order chi connectivity index (χ1) is 10.1. The molecule has 1 aliphatic heterocycles. The molecule has 0 aliphatic carbocycles. The largest absolute Gasteiger partial charge is 0.343 e. The fourth-order valence-electron chi connectivity index (χ4n) is 2.53. The fraction of sp³-hybridized carbons (Fsp3) is 0.533. The molecule has 1 N–H and O–H groups in total. The Hall–Kier alpha value is -1.95. The van der Waals surface area contributed by atoms with Crippen LogP contribution in [0.4, 0.5) is 5.69 Å². The second-order valence-electron chi connectivity index (χ2n) is 5.36. The lowest BCUT2D eigenvalue weighted by atomic mass is 10.1. The molecule has 114 valence electrons. The summed E-state index contributed by atoms with van der Waals surface area (Å²) in [6, 6.07) is 6.74. The third-order valence-electron chi connectivity index (χ3n) is 3.83. The van der Waals surface area contributed by atoms with Crippen molar-refractivity contribution in [2.75, 3.05) is 19.6 Å². The third kappa shape index (κ3) is 4.26. The molecule has 0 aromatic heterocycles. The van der Waals surface area contributed by atoms with Crippen LogP contribution in [0.3, 0.4) is 0 Å². The zero-order chi connectivity index (χ0) is 15.2. The Bertz CT molecular complexity index is 501. The summed E-state index contributed by atoms with van der Waals surface area (Å²) < 4.78 is 0. The van der Waals surface area contributed by atoms with Gasteiger partial charge in [0.25, 0.3) is 5.69 Å². The lowest BCUT2D eigenvalue weighted by molar-refractivity contribution is -0.384. The summed E-state index contributed by atoms with van der Waals surface area (Å²) in [7, 11) is 0. The molecule has 21 heavy (non-hydrogen) atoms. The monoisotopic (exact) mass is 291 g/mol. The predicted molar refractivity (Wildman–Crippen MR) is 79.9 cm³/mol. The molecule has 1 atom stereocenters. The van der Waals surface area contributed by atoms with Gasteiger partial charge in [0, 0.05) is 37.7 Å². The van der Waals surface area contributed by atoms with Crippen LogP contribution in [0.2, 0.25) is 0 Å². The van der Waals surface area contributed by atoms with E-state index in [9.17, 15) is 14.9 Å². The molecule has 1 aromatic carbocycles. The third-order valence-corrected chi connectivity index (χ3v) is 3.83. The predicted octanol–water partition coefficient (Wildman–Crippen LogP) is 2.26. The summed E-state index contributed by atoms with van der Waals surface area (Å²) >= 11 is 0. The molecule has 0 bridgehead atoms. The lowest BCUT2D eigenvalue weighted by Crippen LogP contribution is -2.29. The molecule has 0 saturated carbocycles. The van der Waals surface area contributed by atoms with Crippen molar-refractivity contribution in [2.45, 2.75) is 32.2 Å². The highest BCUT2D eigenvalue weighted by Gasteiger charge is 2.19. The first kappa shape index (κ1) is 15.4. The first-order valence-electron chi connectivity index (χ1n) is 7.33. The number of amides is 1. The average Bonchev–Trinajstić information content (AvgIpc) is 2.89. The molecule has 1 aromatic rings. The van der Waals surface area contributed by atoms with E-state index in [0.29, 0.717) is 6.42 Å². The van der Waals surface area contributed by atoms with E-state index in [1.165, 1.54) is 12.1 Å². The van der Waals surface area contributed by atoms with Crippen molar-refractivity contribution in [3.8, 4) is 0 Å². The number of benzene rings is 1. The first-order valence-corrected chi connectivity index (χ1v) is 7.33. The van der Waals surface area contributed by atoms with Gasteiger partial charge in [-0.25, -0.2) is 0 Å².